The minimum atomic E-state index is -0.252. The van der Waals surface area contributed by atoms with E-state index in [4.69, 9.17) is 24.0 Å². The SMILES string of the molecule is CC(C)Cc1nc2oc3c(NCCOCCO)ncnc3c2c2c1COC(C)(C)C2. The lowest BCUT2D eigenvalue weighted by Gasteiger charge is -2.33. The fourth-order valence-corrected chi connectivity index (χ4v) is 3.96. The minimum absolute atomic E-state index is 0.0108. The Kier molecular flexibility index (Phi) is 5.90. The van der Waals surface area contributed by atoms with Gasteiger partial charge in [-0.15, -0.1) is 0 Å². The number of aliphatic hydroxyl groups is 1. The number of pyridine rings is 1. The molecule has 0 unspecified atom stereocenters. The average Bonchev–Trinajstić information content (AvgIpc) is 3.06. The fourth-order valence-electron chi connectivity index (χ4n) is 3.96. The molecule has 0 aromatic carbocycles. The number of furan rings is 1. The van der Waals surface area contributed by atoms with E-state index in [0.29, 0.717) is 49.4 Å². The van der Waals surface area contributed by atoms with Crippen molar-refractivity contribution in [2.24, 2.45) is 5.92 Å². The van der Waals surface area contributed by atoms with Crippen LogP contribution in [0.4, 0.5) is 5.82 Å². The monoisotopic (exact) mass is 414 g/mol. The molecule has 30 heavy (non-hydrogen) atoms. The van der Waals surface area contributed by atoms with Gasteiger partial charge in [0.1, 0.15) is 11.8 Å². The lowest BCUT2D eigenvalue weighted by molar-refractivity contribution is -0.0402. The molecular formula is C22H30N4O4. The molecule has 0 bridgehead atoms. The van der Waals surface area contributed by atoms with Crippen molar-refractivity contribution in [3.63, 3.8) is 0 Å². The highest BCUT2D eigenvalue weighted by Gasteiger charge is 2.32. The summed E-state index contributed by atoms with van der Waals surface area (Å²) in [6.07, 6.45) is 3.20. The molecule has 3 aromatic rings. The summed E-state index contributed by atoms with van der Waals surface area (Å²) in [4.78, 5) is 13.8. The first kappa shape index (κ1) is 21.0. The van der Waals surface area contributed by atoms with Crippen LogP contribution in [0.3, 0.4) is 0 Å². The lowest BCUT2D eigenvalue weighted by Crippen LogP contribution is -2.33. The van der Waals surface area contributed by atoms with Crippen LogP contribution in [0.25, 0.3) is 22.2 Å². The number of nitrogens with one attached hydrogen (secondary N) is 1. The van der Waals surface area contributed by atoms with Crippen LogP contribution in [0.2, 0.25) is 0 Å². The Bertz CT molecular complexity index is 1040. The molecule has 0 saturated carbocycles. The molecule has 8 heteroatoms. The Morgan fingerprint density at radius 3 is 2.83 bits per heavy atom. The van der Waals surface area contributed by atoms with E-state index in [0.717, 1.165) is 29.4 Å². The first-order chi connectivity index (χ1) is 14.4. The van der Waals surface area contributed by atoms with E-state index in [1.54, 1.807) is 6.33 Å². The molecule has 0 spiro atoms. The molecule has 3 aromatic heterocycles. The average molecular weight is 415 g/mol. The first-order valence-electron chi connectivity index (χ1n) is 10.5. The molecule has 162 valence electrons. The maximum absolute atomic E-state index is 8.82. The summed E-state index contributed by atoms with van der Waals surface area (Å²) in [5, 5.41) is 13.0. The maximum Gasteiger partial charge on any atom is 0.229 e. The van der Waals surface area contributed by atoms with Crippen LogP contribution in [0.5, 0.6) is 0 Å². The van der Waals surface area contributed by atoms with E-state index >= 15 is 0 Å². The number of rotatable bonds is 8. The molecule has 0 fully saturated rings. The Morgan fingerprint density at radius 1 is 1.23 bits per heavy atom. The summed E-state index contributed by atoms with van der Waals surface area (Å²) in [6.45, 7) is 10.5. The second-order valence-electron chi connectivity index (χ2n) is 8.78. The van der Waals surface area contributed by atoms with E-state index in [1.807, 2.05) is 0 Å². The Hall–Kier alpha value is -2.29. The van der Waals surface area contributed by atoms with Crippen LogP contribution in [0.15, 0.2) is 10.7 Å². The molecule has 0 saturated heterocycles. The van der Waals surface area contributed by atoms with Gasteiger partial charge in [-0.3, -0.25) is 0 Å². The van der Waals surface area contributed by atoms with Crippen molar-refractivity contribution in [2.75, 3.05) is 31.7 Å². The van der Waals surface area contributed by atoms with Crippen LogP contribution in [-0.4, -0.2) is 52.0 Å². The third kappa shape index (κ3) is 4.12. The smallest absolute Gasteiger partial charge is 0.229 e. The van der Waals surface area contributed by atoms with Crippen molar-refractivity contribution in [3.05, 3.63) is 23.1 Å². The van der Waals surface area contributed by atoms with Gasteiger partial charge in [-0.25, -0.2) is 15.0 Å². The maximum atomic E-state index is 8.82. The predicted octanol–water partition coefficient (Wildman–Crippen LogP) is 3.24. The zero-order valence-electron chi connectivity index (χ0n) is 18.1. The van der Waals surface area contributed by atoms with E-state index in [2.05, 4.69) is 43.0 Å². The fraction of sp³-hybridized carbons (Fsp3) is 0.591. The van der Waals surface area contributed by atoms with E-state index < -0.39 is 0 Å². The highest BCUT2D eigenvalue weighted by molar-refractivity contribution is 6.06. The van der Waals surface area contributed by atoms with Gasteiger partial charge < -0.3 is 24.3 Å². The van der Waals surface area contributed by atoms with Crippen molar-refractivity contribution in [3.8, 4) is 0 Å². The van der Waals surface area contributed by atoms with E-state index in [9.17, 15) is 0 Å². The zero-order chi connectivity index (χ0) is 21.3. The summed E-state index contributed by atoms with van der Waals surface area (Å²) in [7, 11) is 0. The highest BCUT2D eigenvalue weighted by atomic mass is 16.5. The number of nitrogens with zero attached hydrogens (tertiary/aromatic N) is 3. The Morgan fingerprint density at radius 2 is 2.07 bits per heavy atom. The summed E-state index contributed by atoms with van der Waals surface area (Å²) in [5.74, 6) is 1.10. The van der Waals surface area contributed by atoms with Crippen LogP contribution >= 0.6 is 0 Å². The van der Waals surface area contributed by atoms with Gasteiger partial charge in [0.15, 0.2) is 11.4 Å². The molecule has 8 nitrogen and oxygen atoms in total. The van der Waals surface area contributed by atoms with Gasteiger partial charge in [0.2, 0.25) is 5.71 Å². The van der Waals surface area contributed by atoms with Crippen LogP contribution in [-0.2, 0) is 28.9 Å². The zero-order valence-corrected chi connectivity index (χ0v) is 18.1. The van der Waals surface area contributed by atoms with Crippen molar-refractivity contribution in [1.29, 1.82) is 0 Å². The van der Waals surface area contributed by atoms with Gasteiger partial charge in [-0.05, 0) is 31.7 Å². The van der Waals surface area contributed by atoms with Crippen molar-refractivity contribution >= 4 is 28.0 Å². The largest absolute Gasteiger partial charge is 0.432 e. The quantitative estimate of drug-likeness (QED) is 0.542. The van der Waals surface area contributed by atoms with E-state index in [1.165, 1.54) is 11.1 Å². The second-order valence-corrected chi connectivity index (χ2v) is 8.78. The second kappa shape index (κ2) is 8.45. The third-order valence-electron chi connectivity index (χ3n) is 5.29. The van der Waals surface area contributed by atoms with Crippen molar-refractivity contribution in [2.45, 2.75) is 52.7 Å². The van der Waals surface area contributed by atoms with E-state index in [-0.39, 0.29) is 12.2 Å². The molecule has 4 heterocycles. The van der Waals surface area contributed by atoms with Gasteiger partial charge in [0.05, 0.1) is 43.1 Å². The molecule has 2 N–H and O–H groups in total. The van der Waals surface area contributed by atoms with Gasteiger partial charge in [0, 0.05) is 18.5 Å². The summed E-state index contributed by atoms with van der Waals surface area (Å²) in [6, 6.07) is 0. The first-order valence-corrected chi connectivity index (χ1v) is 10.5. The normalized spacial score (nSPS) is 15.8. The molecule has 0 radical (unpaired) electrons. The highest BCUT2D eigenvalue weighted by Crippen LogP contribution is 2.39. The van der Waals surface area contributed by atoms with Gasteiger partial charge in [-0.2, -0.15) is 0 Å². The Labute approximate surface area is 176 Å². The standard InChI is InChI=1S/C22H30N4O4/c1-13(2)9-16-15-11-29-22(3,4)10-14(15)17-18-19(30-21(17)26-16)20(25-12-24-18)23-5-7-28-8-6-27/h12-13,27H,5-11H2,1-4H3,(H,23,24,25). The summed E-state index contributed by atoms with van der Waals surface area (Å²) in [5.41, 5.74) is 5.18. The van der Waals surface area contributed by atoms with Crippen molar-refractivity contribution in [1.82, 2.24) is 15.0 Å². The molecule has 1 aliphatic heterocycles. The number of ether oxygens (including phenoxy) is 2. The molecule has 0 atom stereocenters. The van der Waals surface area contributed by atoms with Gasteiger partial charge in [-0.1, -0.05) is 13.8 Å². The van der Waals surface area contributed by atoms with Crippen LogP contribution in [0.1, 0.15) is 44.5 Å². The topological polar surface area (TPSA) is 103 Å². The summed E-state index contributed by atoms with van der Waals surface area (Å²) >= 11 is 0. The van der Waals surface area contributed by atoms with Gasteiger partial charge in [0.25, 0.3) is 0 Å². The van der Waals surface area contributed by atoms with Crippen molar-refractivity contribution < 1.29 is 19.0 Å². The molecule has 0 amide bonds. The third-order valence-corrected chi connectivity index (χ3v) is 5.29. The molecule has 1 aliphatic rings. The number of anilines is 1. The lowest BCUT2D eigenvalue weighted by atomic mass is 9.88. The van der Waals surface area contributed by atoms with Crippen LogP contribution < -0.4 is 5.32 Å². The molecular weight excluding hydrogens is 384 g/mol. The summed E-state index contributed by atoms with van der Waals surface area (Å²) < 4.78 is 17.6. The van der Waals surface area contributed by atoms with Gasteiger partial charge >= 0.3 is 0 Å². The molecule has 4 rings (SSSR count). The predicted molar refractivity (Wildman–Crippen MR) is 115 cm³/mol. The number of aliphatic hydroxyl groups excluding tert-OH is 1. The number of hydrogen-bond donors (Lipinski definition) is 2. The number of fused-ring (bicyclic) bond motifs is 5. The minimum Gasteiger partial charge on any atom is -0.432 e. The molecule has 0 aliphatic carbocycles. The Balaban J connectivity index is 1.80. The number of hydrogen-bond acceptors (Lipinski definition) is 8. The number of aromatic nitrogens is 3. The van der Waals surface area contributed by atoms with Crippen LogP contribution in [0, 0.1) is 5.92 Å².